The molecular weight excluding hydrogens is 178 g/mol. The first-order chi connectivity index (χ1) is 6.74. The van der Waals surface area contributed by atoms with E-state index in [1.54, 1.807) is 30.3 Å². The van der Waals surface area contributed by atoms with Crippen LogP contribution in [0, 0.1) is 0 Å². The van der Waals surface area contributed by atoms with Crippen molar-refractivity contribution in [2.75, 3.05) is 13.1 Å². The van der Waals surface area contributed by atoms with Crippen molar-refractivity contribution in [2.24, 2.45) is 0 Å². The molecule has 1 aromatic carbocycles. The molecule has 1 aromatic rings. The Morgan fingerprint density at radius 2 is 2.00 bits per heavy atom. The highest BCUT2D eigenvalue weighted by Crippen LogP contribution is 2.15. The molecule has 3 N–H and O–H groups in total. The molecule has 0 saturated heterocycles. The number of aliphatic hydroxyl groups excluding tert-OH is 1. The third-order valence-corrected chi connectivity index (χ3v) is 1.90. The van der Waals surface area contributed by atoms with Crippen LogP contribution in [0.4, 0.5) is 0 Å². The maximum Gasteiger partial charge on any atom is 0.115 e. The van der Waals surface area contributed by atoms with Crippen molar-refractivity contribution in [3.8, 4) is 5.75 Å². The summed E-state index contributed by atoms with van der Waals surface area (Å²) in [5.74, 6) is 0.208. The van der Waals surface area contributed by atoms with Crippen molar-refractivity contribution in [1.82, 2.24) is 5.32 Å². The quantitative estimate of drug-likeness (QED) is 0.486. The van der Waals surface area contributed by atoms with E-state index < -0.39 is 6.10 Å². The fourth-order valence-corrected chi connectivity index (χ4v) is 1.14. The lowest BCUT2D eigenvalue weighted by Crippen LogP contribution is -2.21. The van der Waals surface area contributed by atoms with E-state index in [0.29, 0.717) is 13.1 Å². The number of aromatic hydroxyl groups is 1. The van der Waals surface area contributed by atoms with Crippen molar-refractivity contribution in [3.05, 3.63) is 42.5 Å². The number of phenolic OH excluding ortho intramolecular Hbond substituents is 1. The molecule has 0 aliphatic carbocycles. The first-order valence-corrected chi connectivity index (χ1v) is 4.52. The minimum atomic E-state index is -0.546. The molecule has 1 atom stereocenters. The fraction of sp³-hybridized carbons (Fsp3) is 0.273. The predicted octanol–water partition coefficient (Wildman–Crippen LogP) is 1.20. The normalized spacial score (nSPS) is 12.4. The Morgan fingerprint density at radius 3 is 2.57 bits per heavy atom. The van der Waals surface area contributed by atoms with Crippen LogP contribution in [-0.4, -0.2) is 23.3 Å². The average molecular weight is 193 g/mol. The van der Waals surface area contributed by atoms with Gasteiger partial charge in [0.15, 0.2) is 0 Å². The van der Waals surface area contributed by atoms with Gasteiger partial charge in [-0.3, -0.25) is 0 Å². The summed E-state index contributed by atoms with van der Waals surface area (Å²) in [6.45, 7) is 4.72. The number of benzene rings is 1. The second-order valence-electron chi connectivity index (χ2n) is 3.05. The zero-order valence-electron chi connectivity index (χ0n) is 7.98. The van der Waals surface area contributed by atoms with Crippen LogP contribution in [0.2, 0.25) is 0 Å². The molecule has 76 valence electrons. The average Bonchev–Trinajstić information content (AvgIpc) is 2.19. The van der Waals surface area contributed by atoms with Gasteiger partial charge in [0.1, 0.15) is 5.75 Å². The second-order valence-corrected chi connectivity index (χ2v) is 3.05. The summed E-state index contributed by atoms with van der Waals surface area (Å²) < 4.78 is 0. The van der Waals surface area contributed by atoms with Crippen LogP contribution in [0.25, 0.3) is 0 Å². The number of aliphatic hydroxyl groups is 1. The van der Waals surface area contributed by atoms with E-state index in [0.717, 1.165) is 5.56 Å². The minimum absolute atomic E-state index is 0.208. The summed E-state index contributed by atoms with van der Waals surface area (Å²) in [4.78, 5) is 0. The molecule has 0 amide bonds. The van der Waals surface area contributed by atoms with E-state index in [1.807, 2.05) is 0 Å². The van der Waals surface area contributed by atoms with Crippen LogP contribution in [0.15, 0.2) is 36.9 Å². The zero-order valence-corrected chi connectivity index (χ0v) is 7.98. The van der Waals surface area contributed by atoms with Gasteiger partial charge in [0.2, 0.25) is 0 Å². The number of rotatable bonds is 5. The van der Waals surface area contributed by atoms with Crippen LogP contribution in [0.3, 0.4) is 0 Å². The van der Waals surface area contributed by atoms with Crippen LogP contribution in [-0.2, 0) is 0 Å². The minimum Gasteiger partial charge on any atom is -0.508 e. The summed E-state index contributed by atoms with van der Waals surface area (Å²) in [5, 5.41) is 21.7. The molecule has 0 spiro atoms. The van der Waals surface area contributed by atoms with Gasteiger partial charge >= 0.3 is 0 Å². The lowest BCUT2D eigenvalue weighted by molar-refractivity contribution is 0.176. The SMILES string of the molecule is C=CCNCC(O)c1ccc(O)cc1. The molecule has 0 heterocycles. The number of hydrogen-bond donors (Lipinski definition) is 3. The first kappa shape index (κ1) is 10.8. The Kier molecular flexibility index (Phi) is 4.16. The van der Waals surface area contributed by atoms with E-state index in [9.17, 15) is 5.11 Å². The first-order valence-electron chi connectivity index (χ1n) is 4.52. The van der Waals surface area contributed by atoms with Gasteiger partial charge in [0.25, 0.3) is 0 Å². The van der Waals surface area contributed by atoms with Crippen LogP contribution in [0.5, 0.6) is 5.75 Å². The largest absolute Gasteiger partial charge is 0.508 e. The molecule has 0 bridgehead atoms. The molecule has 0 fully saturated rings. The van der Waals surface area contributed by atoms with Gasteiger partial charge in [0.05, 0.1) is 6.10 Å². The lowest BCUT2D eigenvalue weighted by Gasteiger charge is -2.11. The van der Waals surface area contributed by atoms with Crippen LogP contribution < -0.4 is 5.32 Å². The molecule has 0 aliphatic rings. The molecular formula is C11H15NO2. The van der Waals surface area contributed by atoms with Crippen LogP contribution >= 0.6 is 0 Å². The Labute approximate surface area is 83.7 Å². The van der Waals surface area contributed by atoms with Gasteiger partial charge in [-0.2, -0.15) is 0 Å². The summed E-state index contributed by atoms with van der Waals surface area (Å²) in [5.41, 5.74) is 0.791. The maximum atomic E-state index is 9.66. The highest BCUT2D eigenvalue weighted by atomic mass is 16.3. The smallest absolute Gasteiger partial charge is 0.115 e. The Hall–Kier alpha value is -1.32. The van der Waals surface area contributed by atoms with Crippen molar-refractivity contribution in [2.45, 2.75) is 6.10 Å². The summed E-state index contributed by atoms with van der Waals surface area (Å²) in [7, 11) is 0. The molecule has 0 saturated carbocycles. The molecule has 3 nitrogen and oxygen atoms in total. The fourth-order valence-electron chi connectivity index (χ4n) is 1.14. The van der Waals surface area contributed by atoms with Gasteiger partial charge < -0.3 is 15.5 Å². The lowest BCUT2D eigenvalue weighted by atomic mass is 10.1. The Bertz CT molecular complexity index is 282. The molecule has 0 radical (unpaired) electrons. The second kappa shape index (κ2) is 5.42. The molecule has 1 unspecified atom stereocenters. The topological polar surface area (TPSA) is 52.5 Å². The Balaban J connectivity index is 2.47. The van der Waals surface area contributed by atoms with E-state index in [2.05, 4.69) is 11.9 Å². The van der Waals surface area contributed by atoms with Gasteiger partial charge in [0, 0.05) is 13.1 Å². The summed E-state index contributed by atoms with van der Waals surface area (Å²) in [6, 6.07) is 6.53. The van der Waals surface area contributed by atoms with Crippen molar-refractivity contribution in [3.63, 3.8) is 0 Å². The molecule has 14 heavy (non-hydrogen) atoms. The highest BCUT2D eigenvalue weighted by Gasteiger charge is 2.05. The maximum absolute atomic E-state index is 9.66. The van der Waals surface area contributed by atoms with E-state index in [-0.39, 0.29) is 5.75 Å². The van der Waals surface area contributed by atoms with E-state index in [4.69, 9.17) is 5.11 Å². The van der Waals surface area contributed by atoms with Gasteiger partial charge in [-0.05, 0) is 17.7 Å². The molecule has 0 aliphatic heterocycles. The summed E-state index contributed by atoms with van der Waals surface area (Å²) in [6.07, 6.45) is 1.19. The third kappa shape index (κ3) is 3.20. The van der Waals surface area contributed by atoms with Gasteiger partial charge in [-0.15, -0.1) is 6.58 Å². The molecule has 3 heteroatoms. The summed E-state index contributed by atoms with van der Waals surface area (Å²) >= 11 is 0. The van der Waals surface area contributed by atoms with Gasteiger partial charge in [-0.1, -0.05) is 18.2 Å². The van der Waals surface area contributed by atoms with Gasteiger partial charge in [-0.25, -0.2) is 0 Å². The Morgan fingerprint density at radius 1 is 1.36 bits per heavy atom. The van der Waals surface area contributed by atoms with E-state index in [1.165, 1.54) is 0 Å². The standard InChI is InChI=1S/C11H15NO2/c1-2-7-12-8-11(14)9-3-5-10(13)6-4-9/h2-6,11-14H,1,7-8H2. The van der Waals surface area contributed by atoms with Crippen molar-refractivity contribution >= 4 is 0 Å². The van der Waals surface area contributed by atoms with Crippen molar-refractivity contribution in [1.29, 1.82) is 0 Å². The molecule has 0 aromatic heterocycles. The zero-order chi connectivity index (χ0) is 10.4. The number of hydrogen-bond acceptors (Lipinski definition) is 3. The molecule has 1 rings (SSSR count). The van der Waals surface area contributed by atoms with Crippen LogP contribution in [0.1, 0.15) is 11.7 Å². The monoisotopic (exact) mass is 193 g/mol. The number of nitrogens with one attached hydrogen (secondary N) is 1. The van der Waals surface area contributed by atoms with E-state index >= 15 is 0 Å². The number of phenols is 1. The van der Waals surface area contributed by atoms with Crippen molar-refractivity contribution < 1.29 is 10.2 Å². The third-order valence-electron chi connectivity index (χ3n) is 1.90. The highest BCUT2D eigenvalue weighted by molar-refractivity contribution is 5.27. The predicted molar refractivity (Wildman–Crippen MR) is 56.1 cm³/mol.